The molecule has 3 rings (SSSR count). The molecular formula is C28H32N2O5S. The van der Waals surface area contributed by atoms with E-state index >= 15 is 0 Å². The first-order valence-corrected chi connectivity index (χ1v) is 13.5. The number of hydrogen-bond donors (Lipinski definition) is 1. The third-order valence-corrected chi connectivity index (χ3v) is 7.48. The summed E-state index contributed by atoms with van der Waals surface area (Å²) in [5, 5.41) is 2.74. The van der Waals surface area contributed by atoms with Gasteiger partial charge in [-0.2, -0.15) is 0 Å². The van der Waals surface area contributed by atoms with Crippen molar-refractivity contribution in [3.05, 3.63) is 90.5 Å². The van der Waals surface area contributed by atoms with Crippen LogP contribution in [0.15, 0.2) is 89.8 Å². The molecular weight excluding hydrogens is 476 g/mol. The Morgan fingerprint density at radius 1 is 0.833 bits per heavy atom. The van der Waals surface area contributed by atoms with E-state index in [1.54, 1.807) is 43.3 Å². The highest BCUT2D eigenvalue weighted by atomic mass is 32.2. The van der Waals surface area contributed by atoms with Gasteiger partial charge in [0.15, 0.2) is 0 Å². The first kappa shape index (κ1) is 26.9. The molecule has 0 aliphatic heterocycles. The van der Waals surface area contributed by atoms with E-state index in [1.165, 1.54) is 22.0 Å². The summed E-state index contributed by atoms with van der Waals surface area (Å²) >= 11 is 0. The highest BCUT2D eigenvalue weighted by Gasteiger charge is 2.23. The van der Waals surface area contributed by atoms with Gasteiger partial charge in [-0.3, -0.25) is 13.9 Å². The Labute approximate surface area is 213 Å². The molecule has 0 fully saturated rings. The molecule has 0 saturated heterocycles. The average Bonchev–Trinajstić information content (AvgIpc) is 2.88. The minimum atomic E-state index is -3.73. The van der Waals surface area contributed by atoms with E-state index in [1.807, 2.05) is 36.4 Å². The van der Waals surface area contributed by atoms with Gasteiger partial charge in [-0.05, 0) is 68.1 Å². The van der Waals surface area contributed by atoms with Crippen molar-refractivity contribution in [2.45, 2.75) is 43.9 Å². The molecule has 0 atom stereocenters. The molecule has 0 spiro atoms. The highest BCUT2D eigenvalue weighted by molar-refractivity contribution is 7.92. The molecule has 0 heterocycles. The van der Waals surface area contributed by atoms with Gasteiger partial charge in [0, 0.05) is 25.1 Å². The van der Waals surface area contributed by atoms with Gasteiger partial charge < -0.3 is 10.1 Å². The maximum Gasteiger partial charge on any atom is 0.305 e. The zero-order valence-corrected chi connectivity index (χ0v) is 21.2. The predicted molar refractivity (Wildman–Crippen MR) is 141 cm³/mol. The summed E-state index contributed by atoms with van der Waals surface area (Å²) in [7, 11) is -3.73. The van der Waals surface area contributed by atoms with Crippen molar-refractivity contribution in [1.29, 1.82) is 0 Å². The summed E-state index contributed by atoms with van der Waals surface area (Å²) in [6.07, 6.45) is 2.31. The lowest BCUT2D eigenvalue weighted by Crippen LogP contribution is -2.30. The fourth-order valence-corrected chi connectivity index (χ4v) is 5.19. The molecule has 0 aliphatic carbocycles. The highest BCUT2D eigenvalue weighted by Crippen LogP contribution is 2.24. The Bertz CT molecular complexity index is 1210. The Morgan fingerprint density at radius 3 is 2.11 bits per heavy atom. The first-order valence-electron chi connectivity index (χ1n) is 12.1. The third kappa shape index (κ3) is 7.95. The van der Waals surface area contributed by atoms with E-state index in [4.69, 9.17) is 4.74 Å². The molecule has 8 heteroatoms. The van der Waals surface area contributed by atoms with E-state index in [2.05, 4.69) is 5.32 Å². The van der Waals surface area contributed by atoms with Gasteiger partial charge in [0.25, 0.3) is 10.0 Å². The summed E-state index contributed by atoms with van der Waals surface area (Å²) in [6.45, 7) is 2.43. The van der Waals surface area contributed by atoms with Crippen molar-refractivity contribution < 1.29 is 22.7 Å². The minimum Gasteiger partial charge on any atom is -0.466 e. The molecule has 0 unspecified atom stereocenters. The standard InChI is InChI=1S/C28H32N2O5S/c1-2-30(25-14-7-4-8-15-25)36(33,34)26-20-18-24(19-21-26)29-27(31)16-9-17-28(32)35-22-10-13-23-11-5-3-6-12-23/h3-8,11-12,14-15,18-21H,2,9-10,13,16-17,22H2,1H3,(H,29,31). The zero-order chi connectivity index (χ0) is 25.8. The number of carbonyl (C=O) groups excluding carboxylic acids is 2. The van der Waals surface area contributed by atoms with Crippen LogP contribution in [0.1, 0.15) is 38.2 Å². The number of esters is 1. The van der Waals surface area contributed by atoms with Crippen LogP contribution in [-0.2, 0) is 30.8 Å². The van der Waals surface area contributed by atoms with Crippen LogP contribution >= 0.6 is 0 Å². The normalized spacial score (nSPS) is 11.0. The van der Waals surface area contributed by atoms with Crippen LogP contribution in [-0.4, -0.2) is 33.4 Å². The fraction of sp³-hybridized carbons (Fsp3) is 0.286. The summed E-state index contributed by atoms with van der Waals surface area (Å²) in [5.41, 5.74) is 2.28. The Hall–Kier alpha value is -3.65. The summed E-state index contributed by atoms with van der Waals surface area (Å²) in [6, 6.07) is 25.0. The molecule has 36 heavy (non-hydrogen) atoms. The molecule has 1 amide bonds. The number of rotatable bonds is 13. The number of nitrogens with zero attached hydrogens (tertiary/aromatic N) is 1. The van der Waals surface area contributed by atoms with Crippen molar-refractivity contribution in [2.24, 2.45) is 0 Å². The van der Waals surface area contributed by atoms with Crippen molar-refractivity contribution in [3.8, 4) is 0 Å². The van der Waals surface area contributed by atoms with Gasteiger partial charge in [0.1, 0.15) is 0 Å². The second-order valence-corrected chi connectivity index (χ2v) is 10.1. The molecule has 190 valence electrons. The number of ether oxygens (including phenoxy) is 1. The van der Waals surface area contributed by atoms with Crippen molar-refractivity contribution in [3.63, 3.8) is 0 Å². The largest absolute Gasteiger partial charge is 0.466 e. The number of para-hydroxylation sites is 1. The third-order valence-electron chi connectivity index (χ3n) is 5.56. The smallest absolute Gasteiger partial charge is 0.305 e. The van der Waals surface area contributed by atoms with Gasteiger partial charge in [-0.1, -0.05) is 48.5 Å². The molecule has 1 N–H and O–H groups in total. The molecule has 0 aliphatic rings. The lowest BCUT2D eigenvalue weighted by atomic mass is 10.1. The lowest BCUT2D eigenvalue weighted by Gasteiger charge is -2.23. The summed E-state index contributed by atoms with van der Waals surface area (Å²) < 4.78 is 32.7. The van der Waals surface area contributed by atoms with Gasteiger partial charge in [0.05, 0.1) is 17.2 Å². The van der Waals surface area contributed by atoms with Crippen LogP contribution in [0.25, 0.3) is 0 Å². The van der Waals surface area contributed by atoms with E-state index in [0.717, 1.165) is 12.8 Å². The maximum absolute atomic E-state index is 13.1. The molecule has 7 nitrogen and oxygen atoms in total. The zero-order valence-electron chi connectivity index (χ0n) is 20.4. The number of benzene rings is 3. The van der Waals surface area contributed by atoms with Crippen LogP contribution in [0.3, 0.4) is 0 Å². The molecule has 3 aromatic rings. The van der Waals surface area contributed by atoms with E-state index in [0.29, 0.717) is 30.9 Å². The average molecular weight is 509 g/mol. The molecule has 0 saturated carbocycles. The topological polar surface area (TPSA) is 92.8 Å². The summed E-state index contributed by atoms with van der Waals surface area (Å²) in [4.78, 5) is 24.3. The monoisotopic (exact) mass is 508 g/mol. The number of amides is 1. The molecule has 0 bridgehead atoms. The number of sulfonamides is 1. The van der Waals surface area contributed by atoms with Gasteiger partial charge >= 0.3 is 5.97 Å². The number of nitrogens with one attached hydrogen (secondary N) is 1. The van der Waals surface area contributed by atoms with E-state index in [9.17, 15) is 18.0 Å². The van der Waals surface area contributed by atoms with Crippen LogP contribution < -0.4 is 9.62 Å². The maximum atomic E-state index is 13.1. The molecule has 0 aromatic heterocycles. The predicted octanol–water partition coefficient (Wildman–Crippen LogP) is 5.19. The second kappa shape index (κ2) is 13.4. The minimum absolute atomic E-state index is 0.140. The number of aryl methyl sites for hydroxylation is 1. The number of anilines is 2. The first-order chi connectivity index (χ1) is 17.4. The fourth-order valence-electron chi connectivity index (χ4n) is 3.72. The molecule has 3 aromatic carbocycles. The van der Waals surface area contributed by atoms with Crippen LogP contribution in [0.2, 0.25) is 0 Å². The van der Waals surface area contributed by atoms with Gasteiger partial charge in [0.2, 0.25) is 5.91 Å². The van der Waals surface area contributed by atoms with Crippen molar-refractivity contribution in [2.75, 3.05) is 22.8 Å². The lowest BCUT2D eigenvalue weighted by molar-refractivity contribution is -0.143. The Morgan fingerprint density at radius 2 is 1.47 bits per heavy atom. The van der Waals surface area contributed by atoms with E-state index in [-0.39, 0.29) is 29.6 Å². The van der Waals surface area contributed by atoms with Crippen molar-refractivity contribution in [1.82, 2.24) is 0 Å². The number of carbonyl (C=O) groups is 2. The molecule has 0 radical (unpaired) electrons. The Balaban J connectivity index is 1.40. The summed E-state index contributed by atoms with van der Waals surface area (Å²) in [5.74, 6) is -0.564. The Kier molecular flexibility index (Phi) is 10.1. The van der Waals surface area contributed by atoms with Crippen molar-refractivity contribution >= 4 is 33.3 Å². The van der Waals surface area contributed by atoms with Gasteiger partial charge in [-0.15, -0.1) is 0 Å². The van der Waals surface area contributed by atoms with Crippen LogP contribution in [0.4, 0.5) is 11.4 Å². The van der Waals surface area contributed by atoms with Crippen LogP contribution in [0.5, 0.6) is 0 Å². The van der Waals surface area contributed by atoms with Gasteiger partial charge in [-0.25, -0.2) is 8.42 Å². The van der Waals surface area contributed by atoms with E-state index < -0.39 is 10.0 Å². The quantitative estimate of drug-likeness (QED) is 0.253. The SMILES string of the molecule is CCN(c1ccccc1)S(=O)(=O)c1ccc(NC(=O)CCCC(=O)OCCCc2ccccc2)cc1. The number of hydrogen-bond acceptors (Lipinski definition) is 5. The second-order valence-electron chi connectivity index (χ2n) is 8.24. The van der Waals surface area contributed by atoms with Crippen LogP contribution in [0, 0.1) is 0 Å².